The first kappa shape index (κ1) is 22.6. The number of sulfonamides is 1. The highest BCUT2D eigenvalue weighted by Crippen LogP contribution is 2.30. The second-order valence-electron chi connectivity index (χ2n) is 5.40. The molecule has 1 amide bonds. The molecule has 2 rings (SSSR count). The molecule has 0 atom stereocenters. The molecule has 0 fully saturated rings. The molecule has 8 nitrogen and oxygen atoms in total. The molecule has 2 N–H and O–H groups in total. The molecule has 0 aliphatic carbocycles. The summed E-state index contributed by atoms with van der Waals surface area (Å²) in [7, 11) is -4.41. The highest BCUT2D eigenvalue weighted by Gasteiger charge is 2.31. The predicted octanol–water partition coefficient (Wildman–Crippen LogP) is 2.21. The van der Waals surface area contributed by atoms with Crippen LogP contribution in [0.4, 0.5) is 18.9 Å². The first-order chi connectivity index (χ1) is 13.5. The van der Waals surface area contributed by atoms with E-state index in [0.717, 1.165) is 12.1 Å². The molecule has 0 aliphatic rings. The van der Waals surface area contributed by atoms with E-state index < -0.39 is 51.7 Å². The Balaban J connectivity index is 1.88. The Morgan fingerprint density at radius 2 is 1.90 bits per heavy atom. The van der Waals surface area contributed by atoms with Gasteiger partial charge in [0.15, 0.2) is 11.8 Å². The van der Waals surface area contributed by atoms with E-state index in [1.54, 1.807) is 4.72 Å². The van der Waals surface area contributed by atoms with Gasteiger partial charge in [-0.05, 0) is 30.3 Å². The lowest BCUT2D eigenvalue weighted by atomic mass is 10.2. The average molecular weight is 452 g/mol. The molecular weight excluding hydrogens is 439 g/mol. The van der Waals surface area contributed by atoms with Gasteiger partial charge in [-0.3, -0.25) is 9.59 Å². The summed E-state index contributed by atoms with van der Waals surface area (Å²) in [6, 6.07) is 5.96. The van der Waals surface area contributed by atoms with E-state index in [-0.39, 0.29) is 10.8 Å². The van der Waals surface area contributed by atoms with Gasteiger partial charge < -0.3 is 10.1 Å². The van der Waals surface area contributed by atoms with Gasteiger partial charge in [0, 0.05) is 6.20 Å². The van der Waals surface area contributed by atoms with E-state index in [4.69, 9.17) is 11.6 Å². The molecule has 0 unspecified atom stereocenters. The number of pyridine rings is 1. The van der Waals surface area contributed by atoms with Gasteiger partial charge in [0.05, 0.1) is 16.1 Å². The number of hydrogen-bond acceptors (Lipinski definition) is 6. The van der Waals surface area contributed by atoms with Gasteiger partial charge in [0.1, 0.15) is 6.54 Å². The SMILES string of the molecule is O=C(COC(=O)CNS(=O)(=O)c1cccc(C(F)(F)F)c1)Nc1cccnc1Cl. The highest BCUT2D eigenvalue weighted by molar-refractivity contribution is 7.89. The van der Waals surface area contributed by atoms with Crippen molar-refractivity contribution in [2.45, 2.75) is 11.1 Å². The number of nitrogens with zero attached hydrogens (tertiary/aromatic N) is 1. The van der Waals surface area contributed by atoms with Crippen LogP contribution in [0.3, 0.4) is 0 Å². The van der Waals surface area contributed by atoms with Crippen LogP contribution >= 0.6 is 11.6 Å². The van der Waals surface area contributed by atoms with E-state index in [9.17, 15) is 31.2 Å². The van der Waals surface area contributed by atoms with E-state index in [1.807, 2.05) is 0 Å². The number of nitrogens with one attached hydrogen (secondary N) is 2. The van der Waals surface area contributed by atoms with E-state index in [0.29, 0.717) is 12.1 Å². The number of ether oxygens (including phenoxy) is 1. The van der Waals surface area contributed by atoms with Crippen molar-refractivity contribution in [3.05, 3.63) is 53.3 Å². The predicted molar refractivity (Wildman–Crippen MR) is 95.5 cm³/mol. The molecule has 0 saturated heterocycles. The van der Waals surface area contributed by atoms with E-state index >= 15 is 0 Å². The van der Waals surface area contributed by atoms with Gasteiger partial charge >= 0.3 is 12.1 Å². The monoisotopic (exact) mass is 451 g/mol. The van der Waals surface area contributed by atoms with Crippen LogP contribution in [0.25, 0.3) is 0 Å². The topological polar surface area (TPSA) is 114 Å². The number of halogens is 4. The zero-order valence-corrected chi connectivity index (χ0v) is 15.9. The highest BCUT2D eigenvalue weighted by atomic mass is 35.5. The van der Waals surface area contributed by atoms with Crippen LogP contribution in [0.5, 0.6) is 0 Å². The summed E-state index contributed by atoms with van der Waals surface area (Å²) in [6.45, 7) is -1.63. The van der Waals surface area contributed by atoms with Crippen molar-refractivity contribution in [3.63, 3.8) is 0 Å². The molecule has 0 spiro atoms. The Hall–Kier alpha value is -2.70. The lowest BCUT2D eigenvalue weighted by Crippen LogP contribution is -2.32. The summed E-state index contributed by atoms with van der Waals surface area (Å²) in [5.74, 6) is -1.87. The molecule has 29 heavy (non-hydrogen) atoms. The largest absolute Gasteiger partial charge is 0.455 e. The van der Waals surface area contributed by atoms with Gasteiger partial charge in [0.2, 0.25) is 10.0 Å². The maximum absolute atomic E-state index is 12.7. The van der Waals surface area contributed by atoms with Crippen molar-refractivity contribution in [2.75, 3.05) is 18.5 Å². The van der Waals surface area contributed by atoms with Gasteiger partial charge in [0.25, 0.3) is 5.91 Å². The number of esters is 1. The number of anilines is 1. The number of rotatable bonds is 7. The van der Waals surface area contributed by atoms with Crippen LogP contribution in [-0.4, -0.2) is 38.4 Å². The van der Waals surface area contributed by atoms with Gasteiger partial charge in [-0.1, -0.05) is 17.7 Å². The summed E-state index contributed by atoms with van der Waals surface area (Å²) >= 11 is 5.75. The third-order valence-corrected chi connectivity index (χ3v) is 4.98. The van der Waals surface area contributed by atoms with Crippen molar-refractivity contribution in [1.82, 2.24) is 9.71 Å². The molecule has 1 aromatic carbocycles. The van der Waals surface area contributed by atoms with Crippen LogP contribution in [-0.2, 0) is 30.5 Å². The Labute approximate surface area is 168 Å². The minimum Gasteiger partial charge on any atom is -0.455 e. The molecule has 1 aromatic heterocycles. The number of carbonyl (C=O) groups is 2. The van der Waals surface area contributed by atoms with Crippen LogP contribution in [0.15, 0.2) is 47.5 Å². The molecule has 0 saturated carbocycles. The second-order valence-corrected chi connectivity index (χ2v) is 7.53. The number of amides is 1. The molecule has 0 radical (unpaired) electrons. The van der Waals surface area contributed by atoms with Crippen LogP contribution < -0.4 is 10.0 Å². The van der Waals surface area contributed by atoms with Crippen LogP contribution in [0.2, 0.25) is 5.15 Å². The fraction of sp³-hybridized carbons (Fsp3) is 0.188. The summed E-state index contributed by atoms with van der Waals surface area (Å²) < 4.78 is 68.6. The zero-order valence-electron chi connectivity index (χ0n) is 14.4. The molecule has 156 valence electrons. The summed E-state index contributed by atoms with van der Waals surface area (Å²) in [6.07, 6.45) is -3.33. The first-order valence-electron chi connectivity index (χ1n) is 7.72. The van der Waals surface area contributed by atoms with E-state index in [2.05, 4.69) is 15.0 Å². The molecule has 2 aromatic rings. The fourth-order valence-electron chi connectivity index (χ4n) is 1.94. The summed E-state index contributed by atoms with van der Waals surface area (Å²) in [4.78, 5) is 26.4. The minimum atomic E-state index is -4.73. The molecule has 13 heteroatoms. The minimum absolute atomic E-state index is 0.0148. The normalized spacial score (nSPS) is 11.7. The third kappa shape index (κ3) is 6.69. The first-order valence-corrected chi connectivity index (χ1v) is 9.58. The Kier molecular flexibility index (Phi) is 7.16. The Morgan fingerprint density at radius 3 is 2.55 bits per heavy atom. The number of hydrogen-bond donors (Lipinski definition) is 2. The molecule has 1 heterocycles. The number of alkyl halides is 3. The smallest absolute Gasteiger partial charge is 0.416 e. The molecule has 0 aliphatic heterocycles. The van der Waals surface area contributed by atoms with Crippen LogP contribution in [0, 0.1) is 0 Å². The average Bonchev–Trinajstić information content (AvgIpc) is 2.66. The Morgan fingerprint density at radius 1 is 1.17 bits per heavy atom. The summed E-state index contributed by atoms with van der Waals surface area (Å²) in [5.41, 5.74) is -0.978. The standard InChI is InChI=1S/C16H13ClF3N3O5S/c17-15-12(5-2-6-21-15)23-13(24)9-28-14(25)8-22-29(26,27)11-4-1-3-10(7-11)16(18,19)20/h1-7,22H,8-9H2,(H,23,24). The van der Waals surface area contributed by atoms with Crippen molar-refractivity contribution in [2.24, 2.45) is 0 Å². The fourth-order valence-corrected chi connectivity index (χ4v) is 3.12. The van der Waals surface area contributed by atoms with Crippen molar-refractivity contribution >= 4 is 39.2 Å². The van der Waals surface area contributed by atoms with Crippen molar-refractivity contribution in [1.29, 1.82) is 0 Å². The molecule has 0 bridgehead atoms. The maximum Gasteiger partial charge on any atom is 0.416 e. The van der Waals surface area contributed by atoms with E-state index in [1.165, 1.54) is 18.3 Å². The van der Waals surface area contributed by atoms with Gasteiger partial charge in [-0.2, -0.15) is 17.9 Å². The Bertz CT molecular complexity index is 1010. The number of benzene rings is 1. The molecular formula is C16H13ClF3N3O5S. The number of aromatic nitrogens is 1. The van der Waals surface area contributed by atoms with Crippen LogP contribution in [0.1, 0.15) is 5.56 Å². The lowest BCUT2D eigenvalue weighted by Gasteiger charge is -2.10. The third-order valence-electron chi connectivity index (χ3n) is 3.28. The maximum atomic E-state index is 12.7. The lowest BCUT2D eigenvalue weighted by molar-refractivity contribution is -0.146. The number of carbonyl (C=O) groups excluding carboxylic acids is 2. The van der Waals surface area contributed by atoms with Crippen molar-refractivity contribution < 1.29 is 35.9 Å². The second kappa shape index (κ2) is 9.20. The quantitative estimate of drug-likeness (QED) is 0.493. The summed E-state index contributed by atoms with van der Waals surface area (Å²) in [5, 5.41) is 2.34. The van der Waals surface area contributed by atoms with Crippen molar-refractivity contribution in [3.8, 4) is 0 Å². The zero-order chi connectivity index (χ0) is 21.7. The van der Waals surface area contributed by atoms with Gasteiger partial charge in [-0.15, -0.1) is 0 Å². The van der Waals surface area contributed by atoms with Gasteiger partial charge in [-0.25, -0.2) is 13.4 Å².